The van der Waals surface area contributed by atoms with Crippen LogP contribution in [0, 0.1) is 5.92 Å². The van der Waals surface area contributed by atoms with Gasteiger partial charge in [0.15, 0.2) is 12.2 Å². The first kappa shape index (κ1) is 90.1. The van der Waals surface area contributed by atoms with E-state index in [0.717, 1.165) is 96.3 Å². The van der Waals surface area contributed by atoms with Gasteiger partial charge in [-0.1, -0.05) is 330 Å². The third kappa shape index (κ3) is 66.7. The molecule has 0 aliphatic carbocycles. The molecule has 19 heteroatoms. The number of aliphatic hydroxyl groups is 1. The summed E-state index contributed by atoms with van der Waals surface area (Å²) >= 11 is 0. The van der Waals surface area contributed by atoms with Gasteiger partial charge in [-0.3, -0.25) is 37.3 Å². The Bertz CT molecular complexity index is 1770. The van der Waals surface area contributed by atoms with E-state index in [2.05, 4.69) is 34.6 Å². The predicted molar refractivity (Wildman–Crippen MR) is 372 cm³/mol. The highest BCUT2D eigenvalue weighted by molar-refractivity contribution is 7.47. The van der Waals surface area contributed by atoms with Crippen LogP contribution in [-0.2, 0) is 65.4 Å². The lowest BCUT2D eigenvalue weighted by Crippen LogP contribution is -2.30. The van der Waals surface area contributed by atoms with Crippen LogP contribution in [0.1, 0.15) is 381 Å². The van der Waals surface area contributed by atoms with Gasteiger partial charge in [-0.05, 0) is 31.6 Å². The molecule has 0 rings (SSSR count). The third-order valence-corrected chi connectivity index (χ3v) is 18.9. The van der Waals surface area contributed by atoms with E-state index in [-0.39, 0.29) is 25.7 Å². The first-order valence-corrected chi connectivity index (χ1v) is 41.1. The maximum absolute atomic E-state index is 13.1. The Morgan fingerprint density at radius 3 is 0.739 bits per heavy atom. The maximum Gasteiger partial charge on any atom is 0.472 e. The molecule has 2 unspecified atom stereocenters. The van der Waals surface area contributed by atoms with Crippen LogP contribution in [0.25, 0.3) is 0 Å². The molecule has 546 valence electrons. The SMILES string of the molecule is CCCCCCCCCCCCCCCCCCCCCCC(=O)O[C@H](COC(=O)CCCCCCCCCCCCCCCCCCC)COP(=O)(O)OC[C@@H](O)COP(=O)(O)OC[C@@H](COC(=O)CCCCCCC)OC(=O)CCCCCCCCCC(C)C. The van der Waals surface area contributed by atoms with E-state index >= 15 is 0 Å². The molecule has 0 amide bonds. The summed E-state index contributed by atoms with van der Waals surface area (Å²) in [5.74, 6) is -1.44. The predicted octanol–water partition coefficient (Wildman–Crippen LogP) is 21.3. The second kappa shape index (κ2) is 66.3. The molecule has 92 heavy (non-hydrogen) atoms. The summed E-state index contributed by atoms with van der Waals surface area (Å²) < 4.78 is 68.1. The van der Waals surface area contributed by atoms with Gasteiger partial charge in [0, 0.05) is 25.7 Å². The van der Waals surface area contributed by atoms with Crippen molar-refractivity contribution >= 4 is 39.5 Å². The summed E-state index contributed by atoms with van der Waals surface area (Å²) in [6.07, 6.45) is 54.8. The van der Waals surface area contributed by atoms with Gasteiger partial charge in [0.2, 0.25) is 0 Å². The molecule has 0 aliphatic heterocycles. The molecule has 17 nitrogen and oxygen atoms in total. The lowest BCUT2D eigenvalue weighted by molar-refractivity contribution is -0.161. The summed E-state index contributed by atoms with van der Waals surface area (Å²) in [6.45, 7) is 7.11. The summed E-state index contributed by atoms with van der Waals surface area (Å²) in [6, 6.07) is 0. The standard InChI is InChI=1S/C73H142O17P2/c1-6-9-12-15-17-19-21-23-25-27-28-29-31-33-35-37-39-43-48-53-58-72(77)90-69(63-84-71(76)57-52-47-42-38-36-34-32-30-26-24-22-20-18-16-13-10-7-2)65-88-92(81,82)86-61-67(74)60-85-91(79,80)87-64-68(62-83-70(75)56-51-45-14-11-8-3)89-73(78)59-54-49-44-40-41-46-50-55-66(4)5/h66-69,74H,6-65H2,1-5H3,(H,79,80)(H,81,82)/t67-,68+,69+/m0/s1. The molecule has 0 heterocycles. The van der Waals surface area contributed by atoms with Gasteiger partial charge in [0.1, 0.15) is 19.3 Å². The van der Waals surface area contributed by atoms with Gasteiger partial charge >= 0.3 is 39.5 Å². The lowest BCUT2D eigenvalue weighted by atomic mass is 10.0. The van der Waals surface area contributed by atoms with Crippen LogP contribution in [0.4, 0.5) is 0 Å². The summed E-state index contributed by atoms with van der Waals surface area (Å²) in [4.78, 5) is 72.3. The highest BCUT2D eigenvalue weighted by atomic mass is 31.2. The van der Waals surface area contributed by atoms with E-state index in [0.29, 0.717) is 31.6 Å². The Kier molecular flexibility index (Phi) is 64.9. The van der Waals surface area contributed by atoms with Crippen LogP contribution in [0.3, 0.4) is 0 Å². The summed E-state index contributed by atoms with van der Waals surface area (Å²) in [5.41, 5.74) is 0. The van der Waals surface area contributed by atoms with Crippen molar-refractivity contribution in [2.24, 2.45) is 5.92 Å². The van der Waals surface area contributed by atoms with Gasteiger partial charge in [-0.25, -0.2) is 9.13 Å². The number of ether oxygens (including phenoxy) is 4. The van der Waals surface area contributed by atoms with Gasteiger partial charge in [0.05, 0.1) is 26.4 Å². The number of unbranched alkanes of at least 4 members (excludes halogenated alkanes) is 45. The Morgan fingerprint density at radius 1 is 0.293 bits per heavy atom. The van der Waals surface area contributed by atoms with E-state index in [1.165, 1.54) is 199 Å². The first-order valence-electron chi connectivity index (χ1n) is 38.1. The van der Waals surface area contributed by atoms with Crippen molar-refractivity contribution in [3.8, 4) is 0 Å². The molecule has 0 saturated carbocycles. The molecule has 0 radical (unpaired) electrons. The van der Waals surface area contributed by atoms with Crippen molar-refractivity contribution in [3.05, 3.63) is 0 Å². The van der Waals surface area contributed by atoms with Crippen molar-refractivity contribution in [2.45, 2.75) is 400 Å². The average Bonchev–Trinajstić information content (AvgIpc) is 2.80. The number of hydrogen-bond acceptors (Lipinski definition) is 15. The molecule has 0 aromatic heterocycles. The van der Waals surface area contributed by atoms with Gasteiger partial charge in [-0.15, -0.1) is 0 Å². The van der Waals surface area contributed by atoms with Crippen LogP contribution < -0.4 is 0 Å². The largest absolute Gasteiger partial charge is 0.472 e. The van der Waals surface area contributed by atoms with E-state index in [1.807, 2.05) is 0 Å². The number of aliphatic hydroxyl groups excluding tert-OH is 1. The second-order valence-electron chi connectivity index (χ2n) is 26.8. The topological polar surface area (TPSA) is 237 Å². The highest BCUT2D eigenvalue weighted by Crippen LogP contribution is 2.45. The number of carbonyl (C=O) groups is 4. The maximum atomic E-state index is 13.1. The van der Waals surface area contributed by atoms with Crippen LogP contribution in [0.5, 0.6) is 0 Å². The fourth-order valence-corrected chi connectivity index (χ4v) is 12.8. The molecule has 0 fully saturated rings. The van der Waals surface area contributed by atoms with Crippen LogP contribution >= 0.6 is 15.6 Å². The molecule has 0 aromatic carbocycles. The quantitative estimate of drug-likeness (QED) is 0.0222. The molecular weight excluding hydrogens is 1210 g/mol. The van der Waals surface area contributed by atoms with Crippen molar-refractivity contribution in [1.29, 1.82) is 0 Å². The summed E-state index contributed by atoms with van der Waals surface area (Å²) in [7, 11) is -9.89. The average molecular weight is 1350 g/mol. The molecule has 0 saturated heterocycles. The molecule has 0 bridgehead atoms. The minimum atomic E-state index is -4.95. The Balaban J connectivity index is 5.12. The molecule has 3 N–H and O–H groups in total. The number of hydrogen-bond donors (Lipinski definition) is 3. The Labute approximate surface area is 562 Å². The van der Waals surface area contributed by atoms with Crippen molar-refractivity contribution in [3.63, 3.8) is 0 Å². The Morgan fingerprint density at radius 2 is 0.500 bits per heavy atom. The van der Waals surface area contributed by atoms with Crippen molar-refractivity contribution in [1.82, 2.24) is 0 Å². The Hall–Kier alpha value is -1.94. The number of phosphoric acid groups is 2. The van der Waals surface area contributed by atoms with Gasteiger partial charge < -0.3 is 33.8 Å². The van der Waals surface area contributed by atoms with Crippen LogP contribution in [-0.4, -0.2) is 96.7 Å². The van der Waals surface area contributed by atoms with Crippen LogP contribution in [0.2, 0.25) is 0 Å². The van der Waals surface area contributed by atoms with Gasteiger partial charge in [0.25, 0.3) is 0 Å². The molecule has 0 spiro atoms. The zero-order valence-electron chi connectivity index (χ0n) is 59.7. The van der Waals surface area contributed by atoms with Crippen LogP contribution in [0.15, 0.2) is 0 Å². The van der Waals surface area contributed by atoms with Gasteiger partial charge in [-0.2, -0.15) is 0 Å². The zero-order valence-corrected chi connectivity index (χ0v) is 61.5. The monoisotopic (exact) mass is 1350 g/mol. The van der Waals surface area contributed by atoms with Crippen molar-refractivity contribution in [2.75, 3.05) is 39.6 Å². The fourth-order valence-electron chi connectivity index (χ4n) is 11.2. The molecule has 0 aliphatic rings. The smallest absolute Gasteiger partial charge is 0.462 e. The number of esters is 4. The lowest BCUT2D eigenvalue weighted by Gasteiger charge is -2.21. The number of phosphoric ester groups is 2. The van der Waals surface area contributed by atoms with E-state index < -0.39 is 97.5 Å². The normalized spacial score (nSPS) is 14.0. The minimum absolute atomic E-state index is 0.103. The van der Waals surface area contributed by atoms with E-state index in [1.54, 1.807) is 0 Å². The minimum Gasteiger partial charge on any atom is -0.462 e. The first-order chi connectivity index (χ1) is 44.5. The second-order valence-corrected chi connectivity index (χ2v) is 29.7. The van der Waals surface area contributed by atoms with E-state index in [4.69, 9.17) is 37.0 Å². The summed E-state index contributed by atoms with van der Waals surface area (Å²) in [5, 5.41) is 10.6. The molecule has 5 atom stereocenters. The highest BCUT2D eigenvalue weighted by Gasteiger charge is 2.30. The third-order valence-electron chi connectivity index (χ3n) is 17.0. The fraction of sp³-hybridized carbons (Fsp3) is 0.945. The van der Waals surface area contributed by atoms with E-state index in [9.17, 15) is 43.2 Å². The number of rotatable bonds is 73. The number of carbonyl (C=O) groups excluding carboxylic acids is 4. The van der Waals surface area contributed by atoms with Crippen molar-refractivity contribution < 1.29 is 80.2 Å². The molecular formula is C73H142O17P2. The molecule has 0 aromatic rings. The zero-order chi connectivity index (χ0) is 67.7.